The number of alkyl halides is 3. The topological polar surface area (TPSA) is 49.8 Å². The first-order valence-electron chi connectivity index (χ1n) is 8.68. The summed E-state index contributed by atoms with van der Waals surface area (Å²) >= 11 is 2.13. The Morgan fingerprint density at radius 2 is 1.54 bits per heavy atom. The molecule has 0 saturated heterocycles. The molecule has 4 nitrogen and oxygen atoms in total. The normalized spacial score (nSPS) is 11.3. The molecule has 0 radical (unpaired) electrons. The van der Waals surface area contributed by atoms with Crippen molar-refractivity contribution < 1.29 is 13.2 Å². The van der Waals surface area contributed by atoms with Gasteiger partial charge in [-0.1, -0.05) is 25.5 Å². The molecule has 3 aromatic rings. The maximum Gasteiger partial charge on any atom is 0.421 e. The zero-order valence-corrected chi connectivity index (χ0v) is 17.2. The average Bonchev–Trinajstić information content (AvgIpc) is 2.65. The first-order valence-corrected chi connectivity index (χ1v) is 9.76. The minimum Gasteiger partial charge on any atom is -0.340 e. The van der Waals surface area contributed by atoms with Crippen molar-refractivity contribution in [3.8, 4) is 0 Å². The molecule has 28 heavy (non-hydrogen) atoms. The number of benzene rings is 2. The third-order valence-electron chi connectivity index (χ3n) is 3.95. The number of nitrogens with one attached hydrogen (secondary N) is 2. The molecule has 2 N–H and O–H groups in total. The van der Waals surface area contributed by atoms with Crippen molar-refractivity contribution in [1.29, 1.82) is 0 Å². The molecule has 0 atom stereocenters. The van der Waals surface area contributed by atoms with Crippen LogP contribution in [0.1, 0.15) is 24.5 Å². The predicted octanol–water partition coefficient (Wildman–Crippen LogP) is 6.54. The van der Waals surface area contributed by atoms with Gasteiger partial charge in [0.15, 0.2) is 0 Å². The molecule has 0 aliphatic rings. The van der Waals surface area contributed by atoms with Gasteiger partial charge in [-0.2, -0.15) is 18.2 Å². The number of hydrogen-bond donors (Lipinski definition) is 2. The highest BCUT2D eigenvalue weighted by atomic mass is 127. The van der Waals surface area contributed by atoms with Crippen LogP contribution in [0.5, 0.6) is 0 Å². The molecule has 3 rings (SSSR count). The number of aromatic nitrogens is 2. The molecule has 1 aromatic heterocycles. The summed E-state index contributed by atoms with van der Waals surface area (Å²) in [5.74, 6) is -0.210. The summed E-state index contributed by atoms with van der Waals surface area (Å²) in [6.45, 7) is 2.10. The van der Waals surface area contributed by atoms with E-state index in [1.165, 1.54) is 5.56 Å². The second-order valence-electron chi connectivity index (χ2n) is 6.16. The molecule has 0 fully saturated rings. The van der Waals surface area contributed by atoms with Crippen molar-refractivity contribution >= 4 is 45.7 Å². The lowest BCUT2D eigenvalue weighted by Gasteiger charge is -2.15. The standard InChI is InChI=1S/C20H18F3IN4/c1-2-3-13-4-8-16(9-5-13)27-19-25-12-17(20(21,22)23)18(28-19)26-15-10-6-14(24)7-11-15/h4-12H,2-3H2,1H3,(H2,25,26,27,28). The van der Waals surface area contributed by atoms with E-state index in [2.05, 4.69) is 50.1 Å². The summed E-state index contributed by atoms with van der Waals surface area (Å²) in [5.41, 5.74) is 1.50. The van der Waals surface area contributed by atoms with Crippen molar-refractivity contribution in [3.05, 3.63) is 69.4 Å². The fourth-order valence-electron chi connectivity index (χ4n) is 2.59. The highest BCUT2D eigenvalue weighted by Crippen LogP contribution is 2.35. The number of aryl methyl sites for hydroxylation is 1. The van der Waals surface area contributed by atoms with Gasteiger partial charge in [-0.25, -0.2) is 4.98 Å². The molecule has 0 aliphatic heterocycles. The summed E-state index contributed by atoms with van der Waals surface area (Å²) in [5, 5.41) is 5.70. The van der Waals surface area contributed by atoms with Crippen LogP contribution in [0.4, 0.5) is 36.3 Å². The van der Waals surface area contributed by atoms with Gasteiger partial charge in [0.25, 0.3) is 0 Å². The zero-order chi connectivity index (χ0) is 20.1. The van der Waals surface area contributed by atoms with E-state index in [9.17, 15) is 13.2 Å². The molecule has 0 unspecified atom stereocenters. The number of halogens is 4. The summed E-state index contributed by atoms with van der Waals surface area (Å²) < 4.78 is 41.0. The fraction of sp³-hybridized carbons (Fsp3) is 0.200. The van der Waals surface area contributed by atoms with Gasteiger partial charge in [-0.15, -0.1) is 0 Å². The Bertz CT molecular complexity index is 926. The molecule has 8 heteroatoms. The van der Waals surface area contributed by atoms with Crippen LogP contribution in [0.3, 0.4) is 0 Å². The van der Waals surface area contributed by atoms with E-state index in [-0.39, 0.29) is 11.8 Å². The largest absolute Gasteiger partial charge is 0.421 e. The second kappa shape index (κ2) is 8.76. The minimum absolute atomic E-state index is 0.0873. The second-order valence-corrected chi connectivity index (χ2v) is 7.40. The molecule has 1 heterocycles. The molecule has 0 spiro atoms. The van der Waals surface area contributed by atoms with Crippen LogP contribution in [-0.2, 0) is 12.6 Å². The van der Waals surface area contributed by atoms with Gasteiger partial charge >= 0.3 is 6.18 Å². The van der Waals surface area contributed by atoms with Gasteiger partial charge in [0.1, 0.15) is 11.4 Å². The van der Waals surface area contributed by atoms with Crippen LogP contribution in [0.25, 0.3) is 0 Å². The first-order chi connectivity index (χ1) is 13.3. The molecular weight excluding hydrogens is 480 g/mol. The molecule has 2 aromatic carbocycles. The zero-order valence-electron chi connectivity index (χ0n) is 15.0. The van der Waals surface area contributed by atoms with Gasteiger partial charge in [0, 0.05) is 21.1 Å². The van der Waals surface area contributed by atoms with Gasteiger partial charge in [-0.05, 0) is 71.0 Å². The summed E-state index contributed by atoms with van der Waals surface area (Å²) in [4.78, 5) is 7.89. The predicted molar refractivity (Wildman–Crippen MR) is 113 cm³/mol. The van der Waals surface area contributed by atoms with Crippen LogP contribution >= 0.6 is 22.6 Å². The van der Waals surface area contributed by atoms with E-state index in [1.54, 1.807) is 24.3 Å². The quantitative estimate of drug-likeness (QED) is 0.379. The van der Waals surface area contributed by atoms with Crippen molar-refractivity contribution in [1.82, 2.24) is 9.97 Å². The lowest BCUT2D eigenvalue weighted by atomic mass is 10.1. The fourth-order valence-corrected chi connectivity index (χ4v) is 2.95. The Hall–Kier alpha value is -2.36. The van der Waals surface area contributed by atoms with E-state index in [1.807, 2.05) is 24.3 Å². The number of hydrogen-bond acceptors (Lipinski definition) is 4. The summed E-state index contributed by atoms with van der Waals surface area (Å²) in [6, 6.07) is 14.7. The van der Waals surface area contributed by atoms with E-state index in [0.717, 1.165) is 22.6 Å². The summed E-state index contributed by atoms with van der Waals surface area (Å²) in [6.07, 6.45) is -1.76. The van der Waals surface area contributed by atoms with Gasteiger partial charge in [0.2, 0.25) is 5.95 Å². The van der Waals surface area contributed by atoms with Crippen molar-refractivity contribution in [2.45, 2.75) is 25.9 Å². The molecule has 0 saturated carbocycles. The summed E-state index contributed by atoms with van der Waals surface area (Å²) in [7, 11) is 0. The Morgan fingerprint density at radius 3 is 2.14 bits per heavy atom. The highest BCUT2D eigenvalue weighted by Gasteiger charge is 2.35. The van der Waals surface area contributed by atoms with E-state index >= 15 is 0 Å². The monoisotopic (exact) mass is 498 g/mol. The lowest BCUT2D eigenvalue weighted by molar-refractivity contribution is -0.137. The van der Waals surface area contributed by atoms with E-state index in [4.69, 9.17) is 0 Å². The molecule has 0 aliphatic carbocycles. The number of rotatable bonds is 6. The molecule has 146 valence electrons. The van der Waals surface area contributed by atoms with Crippen LogP contribution in [0, 0.1) is 3.57 Å². The van der Waals surface area contributed by atoms with Gasteiger partial charge in [0.05, 0.1) is 0 Å². The SMILES string of the molecule is CCCc1ccc(Nc2ncc(C(F)(F)F)c(Nc3ccc(I)cc3)n2)cc1. The first kappa shape index (κ1) is 20.4. The number of anilines is 4. The Kier molecular flexibility index (Phi) is 6.38. The van der Waals surface area contributed by atoms with Crippen LogP contribution in [0.2, 0.25) is 0 Å². The van der Waals surface area contributed by atoms with Crippen LogP contribution in [-0.4, -0.2) is 9.97 Å². The van der Waals surface area contributed by atoms with Gasteiger partial charge in [-0.3, -0.25) is 0 Å². The highest BCUT2D eigenvalue weighted by molar-refractivity contribution is 14.1. The minimum atomic E-state index is -4.56. The smallest absolute Gasteiger partial charge is 0.340 e. The third kappa shape index (κ3) is 5.34. The van der Waals surface area contributed by atoms with Crippen molar-refractivity contribution in [2.24, 2.45) is 0 Å². The van der Waals surface area contributed by atoms with Crippen LogP contribution in [0.15, 0.2) is 54.7 Å². The van der Waals surface area contributed by atoms with Crippen molar-refractivity contribution in [2.75, 3.05) is 10.6 Å². The lowest BCUT2D eigenvalue weighted by Crippen LogP contribution is -2.12. The number of nitrogens with zero attached hydrogens (tertiary/aromatic N) is 2. The van der Waals surface area contributed by atoms with Gasteiger partial charge < -0.3 is 10.6 Å². The molecular formula is C20H18F3IN4. The molecule has 0 amide bonds. The Morgan fingerprint density at radius 1 is 0.929 bits per heavy atom. The Balaban J connectivity index is 1.87. The Labute approximate surface area is 174 Å². The van der Waals surface area contributed by atoms with E-state index < -0.39 is 11.7 Å². The van der Waals surface area contributed by atoms with Crippen LogP contribution < -0.4 is 10.6 Å². The third-order valence-corrected chi connectivity index (χ3v) is 4.67. The maximum atomic E-state index is 13.3. The molecule has 0 bridgehead atoms. The van der Waals surface area contributed by atoms with Crippen molar-refractivity contribution in [3.63, 3.8) is 0 Å². The maximum absolute atomic E-state index is 13.3. The van der Waals surface area contributed by atoms with E-state index in [0.29, 0.717) is 11.4 Å². The average molecular weight is 498 g/mol.